The van der Waals surface area contributed by atoms with Crippen molar-refractivity contribution in [3.8, 4) is 5.88 Å². The number of carbonyl (C=O) groups is 1. The number of nitrogens with zero attached hydrogens (tertiary/aromatic N) is 4. The van der Waals surface area contributed by atoms with E-state index in [9.17, 15) is 4.79 Å². The Bertz CT molecular complexity index is 729. The average Bonchev–Trinajstić information content (AvgIpc) is 3.29. The number of aryl methyl sites for hydroxylation is 1. The van der Waals surface area contributed by atoms with Crippen LogP contribution in [0.3, 0.4) is 0 Å². The van der Waals surface area contributed by atoms with Crippen molar-refractivity contribution in [2.45, 2.75) is 31.7 Å². The summed E-state index contributed by atoms with van der Waals surface area (Å²) in [5.74, 6) is 2.15. The Balaban J connectivity index is 1.66. The molecule has 7 nitrogen and oxygen atoms in total. The predicted molar refractivity (Wildman–Crippen MR) is 93.6 cm³/mol. The largest absolute Gasteiger partial charge is 0.479 e. The van der Waals surface area contributed by atoms with Gasteiger partial charge in [-0.25, -0.2) is 4.98 Å². The van der Waals surface area contributed by atoms with Crippen molar-refractivity contribution in [1.82, 2.24) is 15.0 Å². The molecule has 0 saturated carbocycles. The Hall–Kier alpha value is -2.57. The Morgan fingerprint density at radius 2 is 2.28 bits per heavy atom. The van der Waals surface area contributed by atoms with Crippen molar-refractivity contribution in [3.63, 3.8) is 0 Å². The summed E-state index contributed by atoms with van der Waals surface area (Å²) in [6.45, 7) is 0.794. The standard InChI is InChI=1S/C18H24N4O3/c1-21(2)16-11-13(8-9-19-16)15-5-4-10-22(15)18(23)7-6-14-12-17(24-3)20-25-14/h8-9,11-12,15H,4-7,10H2,1-3H3/t15-/m0/s1. The molecule has 0 spiro atoms. The fourth-order valence-corrected chi connectivity index (χ4v) is 3.18. The van der Waals surface area contributed by atoms with E-state index in [1.807, 2.05) is 36.2 Å². The van der Waals surface area contributed by atoms with E-state index in [-0.39, 0.29) is 11.9 Å². The van der Waals surface area contributed by atoms with Crippen LogP contribution in [-0.2, 0) is 11.2 Å². The van der Waals surface area contributed by atoms with Crippen LogP contribution in [0.25, 0.3) is 0 Å². The first kappa shape index (κ1) is 17.3. The lowest BCUT2D eigenvalue weighted by atomic mass is 10.1. The van der Waals surface area contributed by atoms with E-state index in [0.29, 0.717) is 24.5 Å². The summed E-state index contributed by atoms with van der Waals surface area (Å²) in [4.78, 5) is 21.0. The quantitative estimate of drug-likeness (QED) is 0.801. The molecule has 2 aromatic rings. The normalized spacial score (nSPS) is 16.9. The van der Waals surface area contributed by atoms with Gasteiger partial charge in [0.05, 0.1) is 13.2 Å². The molecule has 0 bridgehead atoms. The van der Waals surface area contributed by atoms with Gasteiger partial charge in [0, 0.05) is 45.7 Å². The van der Waals surface area contributed by atoms with Gasteiger partial charge in [-0.05, 0) is 35.7 Å². The monoisotopic (exact) mass is 344 g/mol. The molecule has 0 aliphatic carbocycles. The molecule has 3 rings (SSSR count). The molecule has 0 radical (unpaired) electrons. The summed E-state index contributed by atoms with van der Waals surface area (Å²) in [6, 6.07) is 5.92. The fourth-order valence-electron chi connectivity index (χ4n) is 3.18. The minimum Gasteiger partial charge on any atom is -0.479 e. The zero-order chi connectivity index (χ0) is 17.8. The molecule has 0 aromatic carbocycles. The molecule has 1 saturated heterocycles. The van der Waals surface area contributed by atoms with Gasteiger partial charge in [-0.3, -0.25) is 4.79 Å². The van der Waals surface area contributed by atoms with Crippen LogP contribution in [0.4, 0.5) is 5.82 Å². The van der Waals surface area contributed by atoms with Gasteiger partial charge < -0.3 is 19.1 Å². The molecule has 134 valence electrons. The minimum atomic E-state index is 0.124. The van der Waals surface area contributed by atoms with E-state index in [2.05, 4.69) is 16.2 Å². The van der Waals surface area contributed by atoms with Crippen molar-refractivity contribution in [2.24, 2.45) is 0 Å². The highest BCUT2D eigenvalue weighted by Crippen LogP contribution is 2.33. The number of anilines is 1. The molecule has 1 aliphatic rings. The van der Waals surface area contributed by atoms with Crippen LogP contribution < -0.4 is 9.64 Å². The zero-order valence-electron chi connectivity index (χ0n) is 14.9. The lowest BCUT2D eigenvalue weighted by Gasteiger charge is -2.26. The highest BCUT2D eigenvalue weighted by atomic mass is 16.5. The van der Waals surface area contributed by atoms with Gasteiger partial charge in [0.2, 0.25) is 5.91 Å². The number of pyridine rings is 1. The number of amides is 1. The second-order valence-electron chi connectivity index (χ2n) is 6.42. The number of hydrogen-bond donors (Lipinski definition) is 0. The second kappa shape index (κ2) is 7.55. The summed E-state index contributed by atoms with van der Waals surface area (Å²) < 4.78 is 10.2. The van der Waals surface area contributed by atoms with Crippen molar-refractivity contribution in [2.75, 3.05) is 32.6 Å². The Morgan fingerprint density at radius 3 is 3.00 bits per heavy atom. The Morgan fingerprint density at radius 1 is 1.44 bits per heavy atom. The van der Waals surface area contributed by atoms with Crippen LogP contribution in [0.5, 0.6) is 5.88 Å². The summed E-state index contributed by atoms with van der Waals surface area (Å²) >= 11 is 0. The second-order valence-corrected chi connectivity index (χ2v) is 6.42. The number of likely N-dealkylation sites (tertiary alicyclic amines) is 1. The third-order valence-corrected chi connectivity index (χ3v) is 4.52. The molecule has 0 unspecified atom stereocenters. The van der Waals surface area contributed by atoms with Gasteiger partial charge >= 0.3 is 0 Å². The van der Waals surface area contributed by atoms with E-state index >= 15 is 0 Å². The molecule has 3 heterocycles. The van der Waals surface area contributed by atoms with Crippen molar-refractivity contribution < 1.29 is 14.1 Å². The molecule has 25 heavy (non-hydrogen) atoms. The molecule has 0 N–H and O–H groups in total. The molecule has 1 fully saturated rings. The highest BCUT2D eigenvalue weighted by Gasteiger charge is 2.30. The van der Waals surface area contributed by atoms with Gasteiger partial charge in [0.25, 0.3) is 5.88 Å². The lowest BCUT2D eigenvalue weighted by molar-refractivity contribution is -0.132. The van der Waals surface area contributed by atoms with Crippen LogP contribution in [0.2, 0.25) is 0 Å². The van der Waals surface area contributed by atoms with Crippen molar-refractivity contribution >= 4 is 11.7 Å². The Labute approximate surface area is 147 Å². The first-order chi connectivity index (χ1) is 12.1. The van der Waals surface area contributed by atoms with Crippen LogP contribution in [0.15, 0.2) is 28.9 Å². The number of methoxy groups -OCH3 is 1. The number of carbonyl (C=O) groups excluding carboxylic acids is 1. The lowest BCUT2D eigenvalue weighted by Crippen LogP contribution is -2.30. The number of hydrogen-bond acceptors (Lipinski definition) is 6. The van der Waals surface area contributed by atoms with E-state index in [4.69, 9.17) is 9.26 Å². The molecular weight excluding hydrogens is 320 g/mol. The summed E-state index contributed by atoms with van der Waals surface area (Å²) in [5.41, 5.74) is 1.14. The third kappa shape index (κ3) is 3.92. The van der Waals surface area contributed by atoms with Gasteiger partial charge in [-0.1, -0.05) is 0 Å². The molecular formula is C18H24N4O3. The number of aromatic nitrogens is 2. The van der Waals surface area contributed by atoms with Gasteiger partial charge in [0.1, 0.15) is 11.6 Å². The maximum Gasteiger partial charge on any atom is 0.254 e. The molecule has 1 aliphatic heterocycles. The molecule has 1 amide bonds. The smallest absolute Gasteiger partial charge is 0.254 e. The van der Waals surface area contributed by atoms with Gasteiger partial charge in [-0.15, -0.1) is 0 Å². The zero-order valence-corrected chi connectivity index (χ0v) is 14.9. The first-order valence-electron chi connectivity index (χ1n) is 8.51. The summed E-state index contributed by atoms with van der Waals surface area (Å²) in [5, 5.41) is 3.77. The van der Waals surface area contributed by atoms with Crippen LogP contribution in [0.1, 0.15) is 36.6 Å². The molecule has 1 atom stereocenters. The third-order valence-electron chi connectivity index (χ3n) is 4.52. The predicted octanol–water partition coefficient (Wildman–Crippen LogP) is 2.44. The van der Waals surface area contributed by atoms with E-state index < -0.39 is 0 Å². The van der Waals surface area contributed by atoms with E-state index in [0.717, 1.165) is 30.8 Å². The number of ether oxygens (including phenoxy) is 1. The van der Waals surface area contributed by atoms with Crippen LogP contribution in [0, 0.1) is 0 Å². The first-order valence-corrected chi connectivity index (χ1v) is 8.51. The maximum atomic E-state index is 12.7. The fraction of sp³-hybridized carbons (Fsp3) is 0.500. The van der Waals surface area contributed by atoms with E-state index in [1.165, 1.54) is 7.11 Å². The van der Waals surface area contributed by atoms with Crippen LogP contribution in [-0.4, -0.2) is 48.7 Å². The molecule has 7 heteroatoms. The van der Waals surface area contributed by atoms with Crippen LogP contribution >= 0.6 is 0 Å². The highest BCUT2D eigenvalue weighted by molar-refractivity contribution is 5.77. The SMILES string of the molecule is COc1cc(CCC(=O)N2CCC[C@H]2c2ccnc(N(C)C)c2)on1. The van der Waals surface area contributed by atoms with Crippen molar-refractivity contribution in [1.29, 1.82) is 0 Å². The minimum absolute atomic E-state index is 0.124. The summed E-state index contributed by atoms with van der Waals surface area (Å²) in [6.07, 6.45) is 4.75. The maximum absolute atomic E-state index is 12.7. The van der Waals surface area contributed by atoms with Crippen molar-refractivity contribution in [3.05, 3.63) is 35.7 Å². The number of rotatable bonds is 6. The Kier molecular flexibility index (Phi) is 5.21. The topological polar surface area (TPSA) is 71.7 Å². The molecule has 2 aromatic heterocycles. The van der Waals surface area contributed by atoms with Gasteiger partial charge in [0.15, 0.2) is 0 Å². The summed E-state index contributed by atoms with van der Waals surface area (Å²) in [7, 11) is 5.48. The van der Waals surface area contributed by atoms with E-state index in [1.54, 1.807) is 6.07 Å². The van der Waals surface area contributed by atoms with Gasteiger partial charge in [-0.2, -0.15) is 0 Å². The average molecular weight is 344 g/mol.